The maximum atomic E-state index is 4.65. The summed E-state index contributed by atoms with van der Waals surface area (Å²) in [6.45, 7) is 13.6. The first-order valence-electron chi connectivity index (χ1n) is 11.2. The summed E-state index contributed by atoms with van der Waals surface area (Å²) in [4.78, 5) is 9.31. The Hall–Kier alpha value is -2.74. The molecule has 0 aromatic heterocycles. The SMILES string of the molecule is CCC(C)(C)c1ccc(C2=CC=C(c3ccc(C(C)(C)C)cc3)C(=N/C)/C2=N\C)cc1. The molecular weight excluding hydrogens is 376 g/mol. The lowest BCUT2D eigenvalue weighted by molar-refractivity contribution is 0.506. The summed E-state index contributed by atoms with van der Waals surface area (Å²) in [6.07, 6.45) is 5.48. The summed E-state index contributed by atoms with van der Waals surface area (Å²) >= 11 is 0. The van der Waals surface area contributed by atoms with Gasteiger partial charge in [-0.1, -0.05) is 102 Å². The molecule has 3 rings (SSSR count). The van der Waals surface area contributed by atoms with Gasteiger partial charge < -0.3 is 0 Å². The third kappa shape index (κ3) is 4.63. The Morgan fingerprint density at radius 2 is 1.00 bits per heavy atom. The van der Waals surface area contributed by atoms with Crippen LogP contribution in [-0.4, -0.2) is 25.5 Å². The van der Waals surface area contributed by atoms with Gasteiger partial charge in [0, 0.05) is 25.2 Å². The molecule has 0 radical (unpaired) electrons. The van der Waals surface area contributed by atoms with Crippen LogP contribution in [0.25, 0.3) is 11.1 Å². The van der Waals surface area contributed by atoms with E-state index in [2.05, 4.69) is 112 Å². The van der Waals surface area contributed by atoms with Crippen molar-refractivity contribution in [1.29, 1.82) is 0 Å². The molecule has 1 aliphatic rings. The fraction of sp³-hybridized carbons (Fsp3) is 0.379. The van der Waals surface area contributed by atoms with Crippen LogP contribution >= 0.6 is 0 Å². The van der Waals surface area contributed by atoms with E-state index in [0.29, 0.717) is 0 Å². The lowest BCUT2D eigenvalue weighted by atomic mass is 9.80. The second kappa shape index (κ2) is 8.78. The van der Waals surface area contributed by atoms with Crippen molar-refractivity contribution in [1.82, 2.24) is 0 Å². The zero-order valence-corrected chi connectivity index (χ0v) is 20.4. The molecule has 2 aromatic rings. The van der Waals surface area contributed by atoms with Gasteiger partial charge in [-0.25, -0.2) is 0 Å². The molecule has 0 spiro atoms. The summed E-state index contributed by atoms with van der Waals surface area (Å²) in [5.41, 5.74) is 9.51. The van der Waals surface area contributed by atoms with Crippen LogP contribution in [0.4, 0.5) is 0 Å². The van der Waals surface area contributed by atoms with Crippen molar-refractivity contribution in [2.45, 2.75) is 58.8 Å². The fourth-order valence-electron chi connectivity index (χ4n) is 3.95. The molecule has 2 nitrogen and oxygen atoms in total. The van der Waals surface area contributed by atoms with Gasteiger partial charge in [0.05, 0.1) is 11.4 Å². The highest BCUT2D eigenvalue weighted by atomic mass is 14.8. The second-order valence-electron chi connectivity index (χ2n) is 9.95. The summed E-state index contributed by atoms with van der Waals surface area (Å²) in [7, 11) is 3.71. The van der Waals surface area contributed by atoms with E-state index in [4.69, 9.17) is 0 Å². The first-order valence-corrected chi connectivity index (χ1v) is 11.2. The van der Waals surface area contributed by atoms with Gasteiger partial charge in [-0.05, 0) is 39.5 Å². The van der Waals surface area contributed by atoms with Crippen LogP contribution in [0, 0.1) is 0 Å². The second-order valence-corrected chi connectivity index (χ2v) is 9.95. The highest BCUT2D eigenvalue weighted by Crippen LogP contribution is 2.32. The Kier molecular flexibility index (Phi) is 6.50. The molecule has 0 unspecified atom stereocenters. The minimum atomic E-state index is 0.142. The van der Waals surface area contributed by atoms with Crippen molar-refractivity contribution in [2.24, 2.45) is 9.98 Å². The standard InChI is InChI=1S/C29H36N2/c1-9-29(5,6)23-16-12-21(13-17-23)25-19-18-24(26(30-7)27(25)31-8)20-10-14-22(15-11-20)28(2,3)4/h10-19H,9H2,1-8H3/b30-26-,31-27-. The van der Waals surface area contributed by atoms with Crippen LogP contribution in [0.5, 0.6) is 0 Å². The topological polar surface area (TPSA) is 24.7 Å². The highest BCUT2D eigenvalue weighted by Gasteiger charge is 2.24. The van der Waals surface area contributed by atoms with Crippen LogP contribution in [0.2, 0.25) is 0 Å². The summed E-state index contributed by atoms with van der Waals surface area (Å²) in [6, 6.07) is 17.8. The van der Waals surface area contributed by atoms with Gasteiger partial charge in [0.2, 0.25) is 0 Å². The maximum Gasteiger partial charge on any atom is 0.0907 e. The van der Waals surface area contributed by atoms with E-state index < -0.39 is 0 Å². The molecule has 2 aromatic carbocycles. The van der Waals surface area contributed by atoms with Crippen molar-refractivity contribution < 1.29 is 0 Å². The number of benzene rings is 2. The number of hydrogen-bond donors (Lipinski definition) is 0. The molecule has 0 N–H and O–H groups in total. The van der Waals surface area contributed by atoms with Gasteiger partial charge >= 0.3 is 0 Å². The number of hydrogen-bond acceptors (Lipinski definition) is 2. The normalized spacial score (nSPS) is 17.7. The molecule has 2 heteroatoms. The van der Waals surface area contributed by atoms with E-state index in [1.165, 1.54) is 22.3 Å². The number of aliphatic imine (C=N–C) groups is 2. The van der Waals surface area contributed by atoms with E-state index in [-0.39, 0.29) is 10.8 Å². The summed E-state index contributed by atoms with van der Waals surface area (Å²) < 4.78 is 0. The Balaban J connectivity index is 2.03. The monoisotopic (exact) mass is 412 g/mol. The van der Waals surface area contributed by atoms with Gasteiger partial charge in [0.15, 0.2) is 0 Å². The van der Waals surface area contributed by atoms with E-state index in [9.17, 15) is 0 Å². The molecule has 0 fully saturated rings. The van der Waals surface area contributed by atoms with Crippen LogP contribution in [0.1, 0.15) is 70.2 Å². The van der Waals surface area contributed by atoms with E-state index in [0.717, 1.165) is 29.0 Å². The lowest BCUT2D eigenvalue weighted by Gasteiger charge is -2.24. The quantitative estimate of drug-likeness (QED) is 0.471. The number of rotatable bonds is 4. The van der Waals surface area contributed by atoms with Crippen LogP contribution in [-0.2, 0) is 10.8 Å². The summed E-state index contributed by atoms with van der Waals surface area (Å²) in [5.74, 6) is 0. The van der Waals surface area contributed by atoms with E-state index in [1.54, 1.807) is 0 Å². The van der Waals surface area contributed by atoms with Crippen LogP contribution in [0.3, 0.4) is 0 Å². The predicted molar refractivity (Wildman–Crippen MR) is 138 cm³/mol. The molecule has 31 heavy (non-hydrogen) atoms. The Labute approximate surface area is 188 Å². The largest absolute Gasteiger partial charge is 0.286 e. The fourth-order valence-corrected chi connectivity index (χ4v) is 3.95. The van der Waals surface area contributed by atoms with E-state index >= 15 is 0 Å². The zero-order valence-electron chi connectivity index (χ0n) is 20.4. The van der Waals surface area contributed by atoms with Crippen LogP contribution < -0.4 is 0 Å². The first kappa shape index (κ1) is 22.9. The highest BCUT2D eigenvalue weighted by molar-refractivity contribution is 6.69. The van der Waals surface area contributed by atoms with Gasteiger partial charge in [-0.15, -0.1) is 0 Å². The molecule has 0 aliphatic heterocycles. The van der Waals surface area contributed by atoms with Gasteiger partial charge in [-0.2, -0.15) is 0 Å². The number of nitrogens with zero attached hydrogens (tertiary/aromatic N) is 2. The minimum absolute atomic E-state index is 0.142. The molecular formula is C29H36N2. The predicted octanol–water partition coefficient (Wildman–Crippen LogP) is 7.29. The third-order valence-corrected chi connectivity index (χ3v) is 6.52. The van der Waals surface area contributed by atoms with Gasteiger partial charge in [-0.3, -0.25) is 9.98 Å². The lowest BCUT2D eigenvalue weighted by Crippen LogP contribution is -2.21. The van der Waals surface area contributed by atoms with Gasteiger partial charge in [0.1, 0.15) is 0 Å². The molecule has 0 bridgehead atoms. The molecule has 0 saturated heterocycles. The Bertz CT molecular complexity index is 1050. The summed E-state index contributed by atoms with van der Waals surface area (Å²) in [5, 5.41) is 0. The van der Waals surface area contributed by atoms with Crippen molar-refractivity contribution in [3.8, 4) is 0 Å². The average molecular weight is 413 g/mol. The first-order chi connectivity index (χ1) is 14.6. The Morgan fingerprint density at radius 1 is 0.613 bits per heavy atom. The van der Waals surface area contributed by atoms with Crippen LogP contribution in [0.15, 0.2) is 70.7 Å². The smallest absolute Gasteiger partial charge is 0.0907 e. The number of allylic oxidation sites excluding steroid dienone is 4. The minimum Gasteiger partial charge on any atom is -0.286 e. The molecule has 0 atom stereocenters. The van der Waals surface area contributed by atoms with Crippen molar-refractivity contribution in [2.75, 3.05) is 14.1 Å². The van der Waals surface area contributed by atoms with Crippen molar-refractivity contribution >= 4 is 22.6 Å². The maximum absolute atomic E-state index is 4.65. The molecule has 0 heterocycles. The van der Waals surface area contributed by atoms with Crippen molar-refractivity contribution in [3.05, 3.63) is 82.9 Å². The molecule has 0 amide bonds. The van der Waals surface area contributed by atoms with E-state index in [1.807, 2.05) is 14.1 Å². The van der Waals surface area contributed by atoms with Crippen molar-refractivity contribution in [3.63, 3.8) is 0 Å². The molecule has 1 aliphatic carbocycles. The Morgan fingerprint density at radius 3 is 1.32 bits per heavy atom. The molecule has 0 saturated carbocycles. The average Bonchev–Trinajstić information content (AvgIpc) is 2.77. The van der Waals surface area contributed by atoms with Gasteiger partial charge in [0.25, 0.3) is 0 Å². The molecule has 162 valence electrons. The third-order valence-electron chi connectivity index (χ3n) is 6.52. The zero-order chi connectivity index (χ0) is 22.8.